The van der Waals surface area contributed by atoms with Crippen molar-refractivity contribution in [2.45, 2.75) is 44.9 Å². The van der Waals surface area contributed by atoms with Crippen molar-refractivity contribution in [3.63, 3.8) is 0 Å². The molecular formula is C12H18O2. The van der Waals surface area contributed by atoms with Gasteiger partial charge in [0.2, 0.25) is 0 Å². The molecule has 1 N–H and O–H groups in total. The van der Waals surface area contributed by atoms with Crippen LogP contribution in [0.15, 0.2) is 0 Å². The summed E-state index contributed by atoms with van der Waals surface area (Å²) in [5, 5.41) is 9.40. The number of rotatable bonds is 1. The minimum atomic E-state index is -0.501. The maximum Gasteiger partial charge on any atom is 0.309 e. The molecule has 78 valence electrons. The summed E-state index contributed by atoms with van der Waals surface area (Å²) >= 11 is 0. The Labute approximate surface area is 84.7 Å². The van der Waals surface area contributed by atoms with E-state index in [-0.39, 0.29) is 5.41 Å². The minimum absolute atomic E-state index is 0.299. The average Bonchev–Trinajstić information content (AvgIpc) is 2.32. The fourth-order valence-electron chi connectivity index (χ4n) is 4.45. The molecular weight excluding hydrogens is 176 g/mol. The Morgan fingerprint density at radius 1 is 1.00 bits per heavy atom. The van der Waals surface area contributed by atoms with E-state index in [1.165, 1.54) is 25.7 Å². The Morgan fingerprint density at radius 3 is 2.00 bits per heavy atom. The molecule has 0 spiro atoms. The number of hydrogen-bond acceptors (Lipinski definition) is 1. The van der Waals surface area contributed by atoms with Crippen LogP contribution in [0.25, 0.3) is 0 Å². The van der Waals surface area contributed by atoms with Crippen LogP contribution in [-0.2, 0) is 4.79 Å². The van der Waals surface area contributed by atoms with Gasteiger partial charge in [0.05, 0.1) is 5.41 Å². The maximum atomic E-state index is 11.4. The maximum absolute atomic E-state index is 11.4. The number of fused-ring (bicyclic) bond motifs is 1. The highest BCUT2D eigenvalue weighted by Crippen LogP contribution is 2.57. The summed E-state index contributed by atoms with van der Waals surface area (Å²) in [6.07, 6.45) is 8.20. The molecule has 4 bridgehead atoms. The van der Waals surface area contributed by atoms with Gasteiger partial charge in [0.1, 0.15) is 0 Å². The molecule has 0 aromatic carbocycles. The molecule has 0 aromatic heterocycles. The number of aliphatic carboxylic acids is 1. The summed E-state index contributed by atoms with van der Waals surface area (Å²) in [5.41, 5.74) is -0.299. The Kier molecular flexibility index (Phi) is 1.71. The summed E-state index contributed by atoms with van der Waals surface area (Å²) in [6.45, 7) is 0. The fraction of sp³-hybridized carbons (Fsp3) is 0.917. The zero-order valence-corrected chi connectivity index (χ0v) is 8.54. The molecule has 4 saturated carbocycles. The first-order chi connectivity index (χ1) is 6.68. The third kappa shape index (κ3) is 1.12. The van der Waals surface area contributed by atoms with Crippen molar-refractivity contribution in [1.29, 1.82) is 0 Å². The van der Waals surface area contributed by atoms with E-state index >= 15 is 0 Å². The highest BCUT2D eigenvalue weighted by molar-refractivity contribution is 5.75. The van der Waals surface area contributed by atoms with Gasteiger partial charge in [-0.25, -0.2) is 0 Å². The topological polar surface area (TPSA) is 37.3 Å². The third-order valence-corrected chi connectivity index (χ3v) is 4.81. The van der Waals surface area contributed by atoms with E-state index < -0.39 is 5.97 Å². The smallest absolute Gasteiger partial charge is 0.309 e. The highest BCUT2D eigenvalue weighted by Gasteiger charge is 2.52. The van der Waals surface area contributed by atoms with E-state index in [0.717, 1.165) is 37.0 Å². The molecule has 0 heterocycles. The van der Waals surface area contributed by atoms with Gasteiger partial charge < -0.3 is 5.11 Å². The zero-order chi connectivity index (χ0) is 9.76. The number of carbonyl (C=O) groups is 1. The first-order valence-corrected chi connectivity index (χ1v) is 5.91. The first-order valence-electron chi connectivity index (χ1n) is 5.91. The van der Waals surface area contributed by atoms with Gasteiger partial charge in [-0.15, -0.1) is 0 Å². The fourth-order valence-corrected chi connectivity index (χ4v) is 4.45. The van der Waals surface area contributed by atoms with Crippen LogP contribution in [0, 0.1) is 23.2 Å². The predicted octanol–water partition coefficient (Wildman–Crippen LogP) is 2.68. The summed E-state index contributed by atoms with van der Waals surface area (Å²) in [5.74, 6) is 1.71. The Hall–Kier alpha value is -0.530. The Balaban J connectivity index is 1.97. The van der Waals surface area contributed by atoms with Gasteiger partial charge in [-0.2, -0.15) is 0 Å². The minimum Gasteiger partial charge on any atom is -0.481 e. The normalized spacial score (nSPS) is 50.4. The quantitative estimate of drug-likeness (QED) is 0.696. The lowest BCUT2D eigenvalue weighted by molar-refractivity contribution is -0.157. The van der Waals surface area contributed by atoms with Crippen molar-refractivity contribution in [2.24, 2.45) is 23.2 Å². The van der Waals surface area contributed by atoms with Crippen LogP contribution < -0.4 is 0 Å². The zero-order valence-electron chi connectivity index (χ0n) is 8.54. The molecule has 0 unspecified atom stereocenters. The molecule has 2 heteroatoms. The van der Waals surface area contributed by atoms with E-state index in [0.29, 0.717) is 0 Å². The van der Waals surface area contributed by atoms with Crippen molar-refractivity contribution in [1.82, 2.24) is 0 Å². The second-order valence-electron chi connectivity index (χ2n) is 5.84. The van der Waals surface area contributed by atoms with Crippen molar-refractivity contribution in [3.05, 3.63) is 0 Å². The monoisotopic (exact) mass is 194 g/mol. The Bertz CT molecular complexity index is 255. The van der Waals surface area contributed by atoms with Crippen molar-refractivity contribution in [3.8, 4) is 0 Å². The largest absolute Gasteiger partial charge is 0.481 e. The summed E-state index contributed by atoms with van der Waals surface area (Å²) < 4.78 is 0. The second-order valence-corrected chi connectivity index (χ2v) is 5.84. The number of hydrogen-bond donors (Lipinski definition) is 1. The second kappa shape index (κ2) is 2.74. The lowest BCUT2D eigenvalue weighted by Gasteiger charge is -2.45. The Morgan fingerprint density at radius 2 is 1.50 bits per heavy atom. The van der Waals surface area contributed by atoms with Crippen molar-refractivity contribution in [2.75, 3.05) is 0 Å². The van der Waals surface area contributed by atoms with Crippen LogP contribution in [0.3, 0.4) is 0 Å². The summed E-state index contributed by atoms with van der Waals surface area (Å²) in [6, 6.07) is 0. The van der Waals surface area contributed by atoms with Crippen molar-refractivity contribution < 1.29 is 9.90 Å². The molecule has 4 aliphatic rings. The standard InChI is InChI=1S/C12H18O2/c13-11(14)12-5-8-1-2-9(6-12)4-10(3-8)7-12/h8-10H,1-7H2,(H,13,14)/t8-,9-,10?,12?/m0/s1. The molecule has 4 aliphatic carbocycles. The SMILES string of the molecule is O=C(O)C12CC3C[C@H](CC[C@@H](C3)C1)C2. The first kappa shape index (κ1) is 8.75. The summed E-state index contributed by atoms with van der Waals surface area (Å²) in [4.78, 5) is 11.4. The lowest BCUT2D eigenvalue weighted by atomic mass is 9.58. The molecule has 0 radical (unpaired) electrons. The van der Waals surface area contributed by atoms with Crippen LogP contribution in [0.4, 0.5) is 0 Å². The molecule has 2 nitrogen and oxygen atoms in total. The van der Waals surface area contributed by atoms with Crippen LogP contribution >= 0.6 is 0 Å². The predicted molar refractivity (Wildman–Crippen MR) is 52.9 cm³/mol. The van der Waals surface area contributed by atoms with Crippen LogP contribution in [0.2, 0.25) is 0 Å². The molecule has 0 amide bonds. The lowest BCUT2D eigenvalue weighted by Crippen LogP contribution is -2.43. The van der Waals surface area contributed by atoms with E-state index in [1.807, 2.05) is 0 Å². The van der Waals surface area contributed by atoms with Gasteiger partial charge in [0, 0.05) is 0 Å². The molecule has 14 heavy (non-hydrogen) atoms. The van der Waals surface area contributed by atoms with Crippen molar-refractivity contribution >= 4 is 5.97 Å². The molecule has 4 rings (SSSR count). The average molecular weight is 194 g/mol. The highest BCUT2D eigenvalue weighted by atomic mass is 16.4. The van der Waals surface area contributed by atoms with Gasteiger partial charge in [0.15, 0.2) is 0 Å². The van der Waals surface area contributed by atoms with Crippen LogP contribution in [0.1, 0.15) is 44.9 Å². The summed E-state index contributed by atoms with van der Waals surface area (Å²) in [7, 11) is 0. The van der Waals surface area contributed by atoms with Gasteiger partial charge in [-0.1, -0.05) is 12.8 Å². The van der Waals surface area contributed by atoms with E-state index in [4.69, 9.17) is 0 Å². The molecule has 0 aromatic rings. The van der Waals surface area contributed by atoms with Gasteiger partial charge >= 0.3 is 5.97 Å². The third-order valence-electron chi connectivity index (χ3n) is 4.81. The van der Waals surface area contributed by atoms with E-state index in [9.17, 15) is 9.90 Å². The van der Waals surface area contributed by atoms with Crippen LogP contribution in [0.5, 0.6) is 0 Å². The van der Waals surface area contributed by atoms with Gasteiger partial charge in [-0.3, -0.25) is 4.79 Å². The van der Waals surface area contributed by atoms with E-state index in [2.05, 4.69) is 0 Å². The molecule has 0 saturated heterocycles. The van der Waals surface area contributed by atoms with E-state index in [1.54, 1.807) is 0 Å². The molecule has 4 fully saturated rings. The number of carboxylic acid groups (broad SMARTS) is 1. The molecule has 0 aliphatic heterocycles. The number of carboxylic acids is 1. The molecule has 2 atom stereocenters. The van der Waals surface area contributed by atoms with Gasteiger partial charge in [0.25, 0.3) is 0 Å². The van der Waals surface area contributed by atoms with Crippen LogP contribution in [-0.4, -0.2) is 11.1 Å². The van der Waals surface area contributed by atoms with Gasteiger partial charge in [-0.05, 0) is 49.9 Å².